The maximum absolute atomic E-state index is 14.4. The van der Waals surface area contributed by atoms with Crippen molar-refractivity contribution in [1.82, 2.24) is 9.47 Å². The highest BCUT2D eigenvalue weighted by Crippen LogP contribution is 2.46. The number of hydrogen-bond donors (Lipinski definition) is 6. The van der Waals surface area contributed by atoms with Gasteiger partial charge in [0.1, 0.15) is 17.1 Å². The molecule has 53 heavy (non-hydrogen) atoms. The Hall–Kier alpha value is -5.16. The molecule has 1 amide bonds. The molecule has 6 N–H and O–H groups in total. The van der Waals surface area contributed by atoms with Gasteiger partial charge in [0.15, 0.2) is 0 Å². The molecule has 4 aromatic rings. The molecular weight excluding hydrogens is 742 g/mol. The molecule has 0 saturated heterocycles. The van der Waals surface area contributed by atoms with Crippen molar-refractivity contribution in [3.63, 3.8) is 0 Å². The summed E-state index contributed by atoms with van der Waals surface area (Å²) in [6.07, 6.45) is 0. The third kappa shape index (κ3) is 9.45. The predicted molar refractivity (Wildman–Crippen MR) is 185 cm³/mol. The highest BCUT2D eigenvalue weighted by atomic mass is 31.2. The first-order chi connectivity index (χ1) is 24.8. The number of carbonyl (C=O) groups excluding carboxylic acids is 2. The molecular formula is C33H34N2O16P2. The van der Waals surface area contributed by atoms with Crippen LogP contribution in [0.5, 0.6) is 5.75 Å². The van der Waals surface area contributed by atoms with Gasteiger partial charge in [-0.1, -0.05) is 12.1 Å². The van der Waals surface area contributed by atoms with Crippen LogP contribution in [0.1, 0.15) is 59.7 Å². The number of nitrogens with zero attached hydrogens (tertiary/aromatic N) is 2. The lowest BCUT2D eigenvalue weighted by molar-refractivity contribution is 0.0516. The van der Waals surface area contributed by atoms with Crippen molar-refractivity contribution in [1.29, 1.82) is 0 Å². The van der Waals surface area contributed by atoms with Crippen molar-refractivity contribution < 1.29 is 76.6 Å². The fourth-order valence-electron chi connectivity index (χ4n) is 5.36. The highest BCUT2D eigenvalue weighted by Gasteiger charge is 2.37. The van der Waals surface area contributed by atoms with E-state index >= 15 is 0 Å². The minimum Gasteiger partial charge on any atom is -0.497 e. The van der Waals surface area contributed by atoms with Crippen molar-refractivity contribution in [2.45, 2.75) is 20.1 Å². The lowest BCUT2D eigenvalue weighted by Crippen LogP contribution is -2.26. The number of phosphoric ester groups is 2. The first kappa shape index (κ1) is 40.6. The van der Waals surface area contributed by atoms with Crippen molar-refractivity contribution in [2.24, 2.45) is 0 Å². The van der Waals surface area contributed by atoms with Gasteiger partial charge in [-0.05, 0) is 77.7 Å². The zero-order chi connectivity index (χ0) is 39.4. The van der Waals surface area contributed by atoms with Gasteiger partial charge in [0.05, 0.1) is 38.1 Å². The molecule has 0 spiro atoms. The Morgan fingerprint density at radius 3 is 1.55 bits per heavy atom. The quantitative estimate of drug-likeness (QED) is 0.0725. The van der Waals surface area contributed by atoms with Crippen molar-refractivity contribution in [2.75, 3.05) is 27.8 Å². The van der Waals surface area contributed by atoms with Gasteiger partial charge in [0, 0.05) is 30.9 Å². The number of hydrogen-bond acceptors (Lipinski definition) is 10. The van der Waals surface area contributed by atoms with E-state index in [0.717, 1.165) is 33.7 Å². The molecule has 0 unspecified atom stereocenters. The molecule has 0 aliphatic carbocycles. The molecule has 0 bridgehead atoms. The van der Waals surface area contributed by atoms with Crippen LogP contribution in [0.25, 0.3) is 27.9 Å². The topological polar surface area (TPSA) is 269 Å². The van der Waals surface area contributed by atoms with E-state index in [4.69, 9.17) is 9.47 Å². The second kappa shape index (κ2) is 16.2. The number of phosphoric acid groups is 2. The summed E-state index contributed by atoms with van der Waals surface area (Å²) >= 11 is 0. The third-order valence-electron chi connectivity index (χ3n) is 7.55. The molecule has 0 radical (unpaired) electrons. The normalized spacial score (nSPS) is 11.6. The largest absolute Gasteiger partial charge is 0.497 e. The summed E-state index contributed by atoms with van der Waals surface area (Å²) in [7, 11) is -5.95. The van der Waals surface area contributed by atoms with E-state index in [1.54, 1.807) is 0 Å². The van der Waals surface area contributed by atoms with Gasteiger partial charge in [-0.15, -0.1) is 0 Å². The lowest BCUT2D eigenvalue weighted by Gasteiger charge is -2.18. The van der Waals surface area contributed by atoms with E-state index in [9.17, 15) is 58.1 Å². The molecule has 1 aromatic heterocycles. The van der Waals surface area contributed by atoms with Crippen LogP contribution in [0.4, 0.5) is 0 Å². The highest BCUT2D eigenvalue weighted by molar-refractivity contribution is 7.46. The van der Waals surface area contributed by atoms with Gasteiger partial charge in [-0.25, -0.2) is 23.5 Å². The summed E-state index contributed by atoms with van der Waals surface area (Å²) in [6.45, 7) is -0.223. The summed E-state index contributed by atoms with van der Waals surface area (Å²) < 4.78 is 44.3. The number of aromatic nitrogens is 1. The molecule has 20 heteroatoms. The average molecular weight is 777 g/mol. The molecule has 0 aliphatic rings. The molecule has 0 saturated carbocycles. The number of esters is 1. The second-order valence-electron chi connectivity index (χ2n) is 11.3. The number of rotatable bonds is 15. The average Bonchev–Trinajstić information content (AvgIpc) is 3.44. The Bertz CT molecular complexity index is 2170. The van der Waals surface area contributed by atoms with Crippen LogP contribution >= 0.6 is 15.6 Å². The number of amides is 1. The summed E-state index contributed by atoms with van der Waals surface area (Å²) in [5.41, 5.74) is -3.00. The summed E-state index contributed by atoms with van der Waals surface area (Å²) in [6, 6.07) is 12.8. The number of carboxylic acids is 2. The van der Waals surface area contributed by atoms with Crippen LogP contribution in [0.3, 0.4) is 0 Å². The maximum atomic E-state index is 14.4. The van der Waals surface area contributed by atoms with Gasteiger partial charge in [0.2, 0.25) is 0 Å². The van der Waals surface area contributed by atoms with Crippen LogP contribution in [-0.2, 0) is 36.1 Å². The first-order valence-electron chi connectivity index (χ1n) is 15.2. The van der Waals surface area contributed by atoms with E-state index < -0.39 is 69.5 Å². The van der Waals surface area contributed by atoms with Crippen molar-refractivity contribution >= 4 is 39.5 Å². The number of carboxylic acid groups (broad SMARTS) is 2. The standard InChI is InChI=1S/C33H34N2O16P2/c1-5-49-33(41)29-27(25-15-19(17-51-53(45,46)47)7-13-23(25)32(39)40)26(24-14-18(16-50-52(42,43)44)6-12-22(24)31(37)38)28(30(36)34(2)3)35(29)20-8-10-21(48-4)11-9-20/h6-15H,5,16-17H2,1-4H3,(H,37,38)(H,39,40)(H2,42,43,44)(H2,45,46,47). The van der Waals surface area contributed by atoms with Crippen LogP contribution in [0.2, 0.25) is 0 Å². The molecule has 1 heterocycles. The van der Waals surface area contributed by atoms with E-state index in [2.05, 4.69) is 9.05 Å². The zero-order valence-corrected chi connectivity index (χ0v) is 30.2. The lowest BCUT2D eigenvalue weighted by atomic mass is 9.88. The minimum absolute atomic E-state index is 0.000313. The number of methoxy groups -OCH3 is 1. The zero-order valence-electron chi connectivity index (χ0n) is 28.4. The van der Waals surface area contributed by atoms with E-state index in [1.807, 2.05) is 0 Å². The Morgan fingerprint density at radius 1 is 0.717 bits per heavy atom. The number of benzene rings is 3. The summed E-state index contributed by atoms with van der Waals surface area (Å²) in [4.78, 5) is 92.7. The van der Waals surface area contributed by atoms with E-state index in [-0.39, 0.29) is 51.4 Å². The van der Waals surface area contributed by atoms with Gasteiger partial charge >= 0.3 is 33.6 Å². The summed E-state index contributed by atoms with van der Waals surface area (Å²) in [5, 5.41) is 20.8. The predicted octanol–water partition coefficient (Wildman–Crippen LogP) is 4.31. The van der Waals surface area contributed by atoms with Gasteiger partial charge in [0.25, 0.3) is 5.91 Å². The number of aromatic carboxylic acids is 2. The first-order valence-corrected chi connectivity index (χ1v) is 18.3. The fourth-order valence-corrected chi connectivity index (χ4v) is 5.99. The molecule has 3 aromatic carbocycles. The van der Waals surface area contributed by atoms with Crippen molar-refractivity contribution in [3.05, 3.63) is 94.3 Å². The smallest absolute Gasteiger partial charge is 0.469 e. The van der Waals surface area contributed by atoms with E-state index in [1.165, 1.54) is 64.5 Å². The molecule has 4 rings (SSSR count). The SMILES string of the molecule is CCOC(=O)c1c(-c2cc(COP(=O)(O)O)ccc2C(=O)O)c(-c2cc(COP(=O)(O)O)ccc2C(=O)O)c(C(=O)N(C)C)n1-c1ccc(OC)cc1. The Labute approximate surface area is 301 Å². The van der Waals surface area contributed by atoms with Gasteiger partial charge in [-0.2, -0.15) is 0 Å². The van der Waals surface area contributed by atoms with Crippen LogP contribution in [0, 0.1) is 0 Å². The Morgan fingerprint density at radius 2 is 1.17 bits per heavy atom. The molecule has 0 fully saturated rings. The maximum Gasteiger partial charge on any atom is 0.469 e. The molecule has 18 nitrogen and oxygen atoms in total. The molecule has 282 valence electrons. The second-order valence-corrected chi connectivity index (χ2v) is 13.8. The molecule has 0 atom stereocenters. The molecule has 0 aliphatic heterocycles. The Kier molecular flexibility index (Phi) is 12.4. The minimum atomic E-state index is -5.05. The fraction of sp³-hybridized carbons (Fsp3) is 0.212. The van der Waals surface area contributed by atoms with Crippen LogP contribution in [0.15, 0.2) is 60.7 Å². The van der Waals surface area contributed by atoms with Gasteiger partial charge in [-0.3, -0.25) is 18.4 Å². The monoisotopic (exact) mass is 776 g/mol. The number of carbonyl (C=O) groups is 4. The third-order valence-corrected chi connectivity index (χ3v) is 8.48. The number of ether oxygens (including phenoxy) is 2. The van der Waals surface area contributed by atoms with Crippen LogP contribution in [-0.4, -0.2) is 90.9 Å². The summed E-state index contributed by atoms with van der Waals surface area (Å²) in [5.74, 6) is -4.64. The Balaban J connectivity index is 2.36. The van der Waals surface area contributed by atoms with E-state index in [0.29, 0.717) is 5.75 Å². The van der Waals surface area contributed by atoms with Crippen molar-refractivity contribution in [3.8, 4) is 33.7 Å². The van der Waals surface area contributed by atoms with Gasteiger partial charge < -0.3 is 44.2 Å². The van der Waals surface area contributed by atoms with Crippen LogP contribution < -0.4 is 4.74 Å².